The van der Waals surface area contributed by atoms with Crippen molar-refractivity contribution in [3.05, 3.63) is 83.9 Å². The SMILES string of the molecule is COC(=O)C1(c2ccccc2)C2C=CC(=O)N(Cc3ccccc3)C21Cl. The summed E-state index contributed by atoms with van der Waals surface area (Å²) in [6.07, 6.45) is 3.24. The van der Waals surface area contributed by atoms with Crippen molar-refractivity contribution in [3.8, 4) is 0 Å². The number of methoxy groups -OCH3 is 1. The Morgan fingerprint density at radius 1 is 1.12 bits per heavy atom. The molecule has 26 heavy (non-hydrogen) atoms. The van der Waals surface area contributed by atoms with E-state index in [1.165, 1.54) is 13.2 Å². The van der Waals surface area contributed by atoms with Gasteiger partial charge in [0.2, 0.25) is 5.91 Å². The van der Waals surface area contributed by atoms with Crippen molar-refractivity contribution < 1.29 is 14.3 Å². The zero-order valence-corrected chi connectivity index (χ0v) is 15.0. The molecular formula is C21H18ClNO3. The Hall–Kier alpha value is -2.59. The summed E-state index contributed by atoms with van der Waals surface area (Å²) in [5.74, 6) is -0.976. The van der Waals surface area contributed by atoms with Crippen molar-refractivity contribution in [2.75, 3.05) is 7.11 Å². The van der Waals surface area contributed by atoms with Crippen molar-refractivity contribution in [2.45, 2.75) is 17.0 Å². The number of amides is 1. The Morgan fingerprint density at radius 3 is 2.35 bits per heavy atom. The van der Waals surface area contributed by atoms with Crippen LogP contribution in [0.1, 0.15) is 11.1 Å². The van der Waals surface area contributed by atoms with Gasteiger partial charge < -0.3 is 9.64 Å². The van der Waals surface area contributed by atoms with Gasteiger partial charge in [0.25, 0.3) is 0 Å². The molecule has 0 radical (unpaired) electrons. The number of hydrogen-bond acceptors (Lipinski definition) is 3. The molecule has 1 amide bonds. The van der Waals surface area contributed by atoms with Gasteiger partial charge in [0.1, 0.15) is 10.4 Å². The van der Waals surface area contributed by atoms with Gasteiger partial charge in [0.05, 0.1) is 7.11 Å². The minimum atomic E-state index is -1.18. The van der Waals surface area contributed by atoms with Crippen LogP contribution >= 0.6 is 11.6 Å². The van der Waals surface area contributed by atoms with Gasteiger partial charge in [0.15, 0.2) is 0 Å². The number of rotatable bonds is 4. The maximum atomic E-state index is 12.9. The van der Waals surface area contributed by atoms with Crippen LogP contribution in [0, 0.1) is 5.92 Å². The van der Waals surface area contributed by atoms with E-state index >= 15 is 0 Å². The predicted molar refractivity (Wildman–Crippen MR) is 98.3 cm³/mol. The summed E-state index contributed by atoms with van der Waals surface area (Å²) in [6, 6.07) is 18.9. The Kier molecular flexibility index (Phi) is 3.88. The number of benzene rings is 2. The Balaban J connectivity index is 1.82. The standard InChI is InChI=1S/C21H18ClNO3/c1-26-19(25)20(16-10-6-3-7-11-16)17-12-13-18(24)23(21(17,20)22)14-15-8-4-2-5-9-15/h2-13,17H,14H2,1H3. The quantitative estimate of drug-likeness (QED) is 0.473. The van der Waals surface area contributed by atoms with Crippen LogP contribution in [0.15, 0.2) is 72.8 Å². The van der Waals surface area contributed by atoms with Crippen molar-refractivity contribution in [2.24, 2.45) is 5.92 Å². The molecule has 0 aromatic heterocycles. The molecule has 4 nitrogen and oxygen atoms in total. The van der Waals surface area contributed by atoms with Gasteiger partial charge in [-0.15, -0.1) is 0 Å². The van der Waals surface area contributed by atoms with E-state index in [-0.39, 0.29) is 11.8 Å². The fourth-order valence-electron chi connectivity index (χ4n) is 4.12. The highest BCUT2D eigenvalue weighted by Crippen LogP contribution is 2.71. The van der Waals surface area contributed by atoms with Crippen LogP contribution in [0.3, 0.4) is 0 Å². The van der Waals surface area contributed by atoms with E-state index in [4.69, 9.17) is 16.3 Å². The molecule has 1 aliphatic carbocycles. The molecular weight excluding hydrogens is 350 g/mol. The average molecular weight is 368 g/mol. The van der Waals surface area contributed by atoms with Crippen LogP contribution in [-0.2, 0) is 26.3 Å². The van der Waals surface area contributed by atoms with E-state index in [9.17, 15) is 9.59 Å². The molecule has 5 heteroatoms. The van der Waals surface area contributed by atoms with E-state index in [2.05, 4.69) is 0 Å². The Labute approximate surface area is 157 Å². The van der Waals surface area contributed by atoms with Gasteiger partial charge in [0, 0.05) is 12.5 Å². The number of esters is 1. The van der Waals surface area contributed by atoms with E-state index in [0.29, 0.717) is 6.54 Å². The molecule has 4 rings (SSSR count). The maximum absolute atomic E-state index is 12.9. The first kappa shape index (κ1) is 16.9. The number of hydrogen-bond donors (Lipinski definition) is 0. The fraction of sp³-hybridized carbons (Fsp3) is 0.238. The van der Waals surface area contributed by atoms with Gasteiger partial charge in [-0.1, -0.05) is 78.3 Å². The average Bonchev–Trinajstić information content (AvgIpc) is 3.26. The Bertz CT molecular complexity index is 883. The van der Waals surface area contributed by atoms with E-state index < -0.39 is 16.4 Å². The van der Waals surface area contributed by atoms with Gasteiger partial charge in [-0.25, -0.2) is 0 Å². The number of carbonyl (C=O) groups is 2. The third kappa shape index (κ3) is 2.08. The van der Waals surface area contributed by atoms with Gasteiger partial charge in [-0.05, 0) is 17.2 Å². The molecule has 132 valence electrons. The molecule has 2 aliphatic rings. The highest BCUT2D eigenvalue weighted by molar-refractivity contribution is 6.33. The molecule has 1 fully saturated rings. The molecule has 2 aromatic rings. The third-order valence-electron chi connectivity index (χ3n) is 5.36. The first-order valence-electron chi connectivity index (χ1n) is 8.43. The molecule has 0 bridgehead atoms. The lowest BCUT2D eigenvalue weighted by molar-refractivity contribution is -0.145. The second kappa shape index (κ2) is 5.99. The molecule has 0 N–H and O–H groups in total. The molecule has 0 spiro atoms. The number of ether oxygens (including phenoxy) is 1. The summed E-state index contributed by atoms with van der Waals surface area (Å²) < 4.78 is 5.13. The lowest BCUT2D eigenvalue weighted by Gasteiger charge is -2.32. The molecule has 0 saturated heterocycles. The maximum Gasteiger partial charge on any atom is 0.320 e. The predicted octanol–water partition coefficient (Wildman–Crippen LogP) is 3.26. The smallest absolute Gasteiger partial charge is 0.320 e. The number of nitrogens with zero attached hydrogens (tertiary/aromatic N) is 1. The van der Waals surface area contributed by atoms with Crippen LogP contribution in [0.25, 0.3) is 0 Å². The van der Waals surface area contributed by atoms with Gasteiger partial charge in [-0.3, -0.25) is 9.59 Å². The molecule has 2 aromatic carbocycles. The second-order valence-corrected chi connectivity index (χ2v) is 7.16. The van der Waals surface area contributed by atoms with Crippen LogP contribution in [-0.4, -0.2) is 28.9 Å². The normalized spacial score (nSPS) is 29.2. The summed E-state index contributed by atoms with van der Waals surface area (Å²) >= 11 is 7.04. The first-order chi connectivity index (χ1) is 12.6. The number of halogens is 1. The zero-order valence-electron chi connectivity index (χ0n) is 14.3. The van der Waals surface area contributed by atoms with Crippen molar-refractivity contribution in [1.82, 2.24) is 4.90 Å². The van der Waals surface area contributed by atoms with Crippen LogP contribution in [0.2, 0.25) is 0 Å². The molecule has 3 atom stereocenters. The summed E-state index contributed by atoms with van der Waals surface area (Å²) in [5.41, 5.74) is 0.597. The molecule has 1 saturated carbocycles. The highest BCUT2D eigenvalue weighted by Gasteiger charge is 2.85. The second-order valence-electron chi connectivity index (χ2n) is 6.59. The lowest BCUT2D eigenvalue weighted by Crippen LogP contribution is -2.45. The molecule has 1 aliphatic heterocycles. The minimum Gasteiger partial charge on any atom is -0.468 e. The first-order valence-corrected chi connectivity index (χ1v) is 8.81. The topological polar surface area (TPSA) is 46.6 Å². The van der Waals surface area contributed by atoms with Crippen LogP contribution < -0.4 is 0 Å². The van der Waals surface area contributed by atoms with Crippen molar-refractivity contribution in [3.63, 3.8) is 0 Å². The fourth-order valence-corrected chi connectivity index (χ4v) is 4.75. The minimum absolute atomic E-state index is 0.207. The lowest BCUT2D eigenvalue weighted by atomic mass is 9.92. The van der Waals surface area contributed by atoms with E-state index in [0.717, 1.165) is 11.1 Å². The van der Waals surface area contributed by atoms with Crippen molar-refractivity contribution in [1.29, 1.82) is 0 Å². The highest BCUT2D eigenvalue weighted by atomic mass is 35.5. The van der Waals surface area contributed by atoms with E-state index in [1.54, 1.807) is 11.0 Å². The number of alkyl halides is 1. The van der Waals surface area contributed by atoms with Crippen molar-refractivity contribution >= 4 is 23.5 Å². The molecule has 3 unspecified atom stereocenters. The van der Waals surface area contributed by atoms with Crippen LogP contribution in [0.4, 0.5) is 0 Å². The summed E-state index contributed by atoms with van der Waals surface area (Å²) in [4.78, 5) is 26.0. The van der Waals surface area contributed by atoms with E-state index in [1.807, 2.05) is 60.7 Å². The van der Waals surface area contributed by atoms with Gasteiger partial charge >= 0.3 is 5.97 Å². The third-order valence-corrected chi connectivity index (χ3v) is 6.10. The zero-order chi connectivity index (χ0) is 18.4. The Morgan fingerprint density at radius 2 is 1.73 bits per heavy atom. The number of carbonyl (C=O) groups excluding carboxylic acids is 2. The summed E-state index contributed by atoms with van der Waals surface area (Å²) in [6.45, 7) is 0.329. The summed E-state index contributed by atoms with van der Waals surface area (Å²) in [5, 5.41) is 0. The van der Waals surface area contributed by atoms with Crippen LogP contribution in [0.5, 0.6) is 0 Å². The monoisotopic (exact) mass is 367 g/mol. The summed E-state index contributed by atoms with van der Waals surface area (Å²) in [7, 11) is 1.35. The van der Waals surface area contributed by atoms with Gasteiger partial charge in [-0.2, -0.15) is 0 Å². The molecule has 1 heterocycles. The number of fused-ring (bicyclic) bond motifs is 1. The largest absolute Gasteiger partial charge is 0.468 e.